The zero-order valence-electron chi connectivity index (χ0n) is 14.6. The van der Waals surface area contributed by atoms with Crippen molar-refractivity contribution in [1.29, 1.82) is 0 Å². The van der Waals surface area contributed by atoms with Crippen LogP contribution in [0.15, 0.2) is 42.5 Å². The van der Waals surface area contributed by atoms with Crippen molar-refractivity contribution in [2.45, 2.75) is 26.8 Å². The van der Waals surface area contributed by atoms with Gasteiger partial charge in [0.05, 0.1) is 0 Å². The summed E-state index contributed by atoms with van der Waals surface area (Å²) in [4.78, 5) is 22.7. The maximum atomic E-state index is 11.9. The van der Waals surface area contributed by atoms with E-state index in [1.54, 1.807) is 12.1 Å². The number of hydrogen-bond donors (Lipinski definition) is 4. The fraction of sp³-hybridized carbons (Fsp3) is 0.263. The van der Waals surface area contributed by atoms with Crippen LogP contribution in [0.2, 0.25) is 0 Å². The molecule has 25 heavy (non-hydrogen) atoms. The van der Waals surface area contributed by atoms with Crippen molar-refractivity contribution in [1.82, 2.24) is 5.32 Å². The van der Waals surface area contributed by atoms with Gasteiger partial charge in [0.1, 0.15) is 0 Å². The van der Waals surface area contributed by atoms with E-state index in [9.17, 15) is 9.59 Å². The van der Waals surface area contributed by atoms with Gasteiger partial charge in [-0.2, -0.15) is 0 Å². The number of rotatable bonds is 7. The average molecular weight is 340 g/mol. The zero-order valence-corrected chi connectivity index (χ0v) is 14.6. The molecule has 3 amide bonds. The summed E-state index contributed by atoms with van der Waals surface area (Å²) in [5.41, 5.74) is 10.0. The second-order valence-electron chi connectivity index (χ2n) is 6.02. The first-order valence-corrected chi connectivity index (χ1v) is 8.16. The molecule has 0 aromatic heterocycles. The molecule has 0 spiro atoms. The SMILES string of the molecule is Cc1cc(C)cc(NCCC(=O)NCc2ccc(NC(N)=O)cc2)c1. The second kappa shape index (κ2) is 8.73. The minimum Gasteiger partial charge on any atom is -0.385 e. The Morgan fingerprint density at radius 2 is 1.60 bits per heavy atom. The largest absolute Gasteiger partial charge is 0.385 e. The third-order valence-corrected chi connectivity index (χ3v) is 3.61. The molecule has 0 aliphatic carbocycles. The van der Waals surface area contributed by atoms with Crippen LogP contribution in [0.4, 0.5) is 16.2 Å². The zero-order chi connectivity index (χ0) is 18.2. The highest BCUT2D eigenvalue weighted by Crippen LogP contribution is 2.13. The summed E-state index contributed by atoms with van der Waals surface area (Å²) < 4.78 is 0. The first-order valence-electron chi connectivity index (χ1n) is 8.16. The molecule has 132 valence electrons. The maximum absolute atomic E-state index is 11.9. The summed E-state index contributed by atoms with van der Waals surface area (Å²) >= 11 is 0. The first-order chi connectivity index (χ1) is 11.9. The lowest BCUT2D eigenvalue weighted by molar-refractivity contribution is -0.121. The molecule has 2 aromatic rings. The normalized spacial score (nSPS) is 10.2. The van der Waals surface area contributed by atoms with Crippen LogP contribution in [0.25, 0.3) is 0 Å². The van der Waals surface area contributed by atoms with Gasteiger partial charge in [0.2, 0.25) is 5.91 Å². The highest BCUT2D eigenvalue weighted by Gasteiger charge is 2.03. The van der Waals surface area contributed by atoms with Crippen molar-refractivity contribution < 1.29 is 9.59 Å². The molecule has 2 aromatic carbocycles. The summed E-state index contributed by atoms with van der Waals surface area (Å²) in [6.45, 7) is 5.12. The number of anilines is 2. The van der Waals surface area contributed by atoms with E-state index in [0.29, 0.717) is 25.2 Å². The smallest absolute Gasteiger partial charge is 0.316 e. The van der Waals surface area contributed by atoms with Gasteiger partial charge in [-0.1, -0.05) is 18.2 Å². The van der Waals surface area contributed by atoms with E-state index in [2.05, 4.69) is 48.0 Å². The van der Waals surface area contributed by atoms with Crippen LogP contribution in [0.5, 0.6) is 0 Å². The fourth-order valence-corrected chi connectivity index (χ4v) is 2.53. The highest BCUT2D eigenvalue weighted by atomic mass is 16.2. The number of urea groups is 1. The molecule has 6 nitrogen and oxygen atoms in total. The van der Waals surface area contributed by atoms with Gasteiger partial charge < -0.3 is 21.7 Å². The van der Waals surface area contributed by atoms with Crippen molar-refractivity contribution in [2.24, 2.45) is 5.73 Å². The van der Waals surface area contributed by atoms with E-state index in [1.807, 2.05) is 12.1 Å². The Hall–Kier alpha value is -3.02. The molecule has 0 saturated carbocycles. The van der Waals surface area contributed by atoms with Crippen LogP contribution in [0, 0.1) is 13.8 Å². The number of aryl methyl sites for hydroxylation is 2. The predicted octanol–water partition coefficient (Wildman–Crippen LogP) is 2.91. The molecule has 5 N–H and O–H groups in total. The Kier molecular flexibility index (Phi) is 6.39. The maximum Gasteiger partial charge on any atom is 0.316 e. The predicted molar refractivity (Wildman–Crippen MR) is 101 cm³/mol. The van der Waals surface area contributed by atoms with Crippen molar-refractivity contribution in [3.8, 4) is 0 Å². The van der Waals surface area contributed by atoms with Crippen LogP contribution >= 0.6 is 0 Å². The number of benzene rings is 2. The lowest BCUT2D eigenvalue weighted by Gasteiger charge is -2.09. The molecule has 0 saturated heterocycles. The van der Waals surface area contributed by atoms with Crippen molar-refractivity contribution in [3.05, 3.63) is 59.2 Å². The van der Waals surface area contributed by atoms with Gasteiger partial charge in [-0.05, 0) is 54.8 Å². The molecule has 2 rings (SSSR count). The summed E-state index contributed by atoms with van der Waals surface area (Å²) in [6.07, 6.45) is 0.397. The van der Waals surface area contributed by atoms with Crippen LogP contribution in [0.3, 0.4) is 0 Å². The molecule has 0 unspecified atom stereocenters. The monoisotopic (exact) mass is 340 g/mol. The Morgan fingerprint density at radius 3 is 2.20 bits per heavy atom. The van der Waals surface area contributed by atoms with Crippen molar-refractivity contribution in [3.63, 3.8) is 0 Å². The van der Waals surface area contributed by atoms with Crippen molar-refractivity contribution >= 4 is 23.3 Å². The molecule has 0 aliphatic rings. The Bertz CT molecular complexity index is 721. The number of primary amides is 1. The lowest BCUT2D eigenvalue weighted by Crippen LogP contribution is -2.25. The van der Waals surface area contributed by atoms with E-state index in [1.165, 1.54) is 11.1 Å². The lowest BCUT2D eigenvalue weighted by atomic mass is 10.1. The first kappa shape index (κ1) is 18.3. The van der Waals surface area contributed by atoms with Gasteiger partial charge in [0.15, 0.2) is 0 Å². The molecule has 0 atom stereocenters. The van der Waals surface area contributed by atoms with Gasteiger partial charge in [0.25, 0.3) is 0 Å². The van der Waals surface area contributed by atoms with Gasteiger partial charge in [-0.25, -0.2) is 4.79 Å². The quantitative estimate of drug-likeness (QED) is 0.624. The van der Waals surface area contributed by atoms with Crippen LogP contribution < -0.4 is 21.7 Å². The number of carbonyl (C=O) groups excluding carboxylic acids is 2. The molecule has 0 radical (unpaired) electrons. The summed E-state index contributed by atoms with van der Waals surface area (Å²) in [5.74, 6) is -0.0174. The van der Waals surface area contributed by atoms with Gasteiger partial charge in [-0.3, -0.25) is 4.79 Å². The third-order valence-electron chi connectivity index (χ3n) is 3.61. The average Bonchev–Trinajstić information content (AvgIpc) is 2.53. The topological polar surface area (TPSA) is 96.2 Å². The van der Waals surface area contributed by atoms with Gasteiger partial charge in [-0.15, -0.1) is 0 Å². The van der Waals surface area contributed by atoms with Crippen LogP contribution in [0.1, 0.15) is 23.1 Å². The van der Waals surface area contributed by atoms with E-state index in [0.717, 1.165) is 11.3 Å². The van der Waals surface area contributed by atoms with Crippen LogP contribution in [-0.2, 0) is 11.3 Å². The molecule has 0 heterocycles. The van der Waals surface area contributed by atoms with E-state index < -0.39 is 6.03 Å². The van der Waals surface area contributed by atoms with Gasteiger partial charge in [0, 0.05) is 30.9 Å². The molecule has 0 bridgehead atoms. The standard InChI is InChI=1S/C19H24N4O2/c1-13-9-14(2)11-17(10-13)21-8-7-18(24)22-12-15-3-5-16(6-4-15)23-19(20)25/h3-6,9-11,21H,7-8,12H2,1-2H3,(H,22,24)(H3,20,23,25). The fourth-order valence-electron chi connectivity index (χ4n) is 2.53. The van der Waals surface area contributed by atoms with Crippen molar-refractivity contribution in [2.75, 3.05) is 17.2 Å². The number of carbonyl (C=O) groups is 2. The summed E-state index contributed by atoms with van der Waals surface area (Å²) in [6, 6.07) is 12.8. The number of amides is 3. The van der Waals surface area contributed by atoms with E-state index in [-0.39, 0.29) is 5.91 Å². The van der Waals surface area contributed by atoms with E-state index >= 15 is 0 Å². The van der Waals surface area contributed by atoms with Gasteiger partial charge >= 0.3 is 6.03 Å². The Morgan fingerprint density at radius 1 is 0.960 bits per heavy atom. The third kappa shape index (κ3) is 6.55. The minimum absolute atomic E-state index is 0.0174. The van der Waals surface area contributed by atoms with Crippen LogP contribution in [-0.4, -0.2) is 18.5 Å². The summed E-state index contributed by atoms with van der Waals surface area (Å²) in [7, 11) is 0. The number of nitrogens with two attached hydrogens (primary N) is 1. The Balaban J connectivity index is 1.72. The molecular formula is C19H24N4O2. The second-order valence-corrected chi connectivity index (χ2v) is 6.02. The Labute approximate surface area is 147 Å². The molecular weight excluding hydrogens is 316 g/mol. The molecule has 6 heteroatoms. The number of hydrogen-bond acceptors (Lipinski definition) is 3. The summed E-state index contributed by atoms with van der Waals surface area (Å²) in [5, 5.41) is 8.64. The minimum atomic E-state index is -0.600. The van der Waals surface area contributed by atoms with E-state index in [4.69, 9.17) is 5.73 Å². The highest BCUT2D eigenvalue weighted by molar-refractivity contribution is 5.87. The molecule has 0 aliphatic heterocycles. The number of nitrogens with one attached hydrogen (secondary N) is 3. The molecule has 0 fully saturated rings.